The number of carbonyl (C=O) groups is 2. The molecule has 0 fully saturated rings. The Morgan fingerprint density at radius 2 is 2.05 bits per heavy atom. The summed E-state index contributed by atoms with van der Waals surface area (Å²) in [6, 6.07) is 4.27. The molecule has 1 unspecified atom stereocenters. The third-order valence-electron chi connectivity index (χ3n) is 2.51. The molecule has 110 valence electrons. The maximum Gasteiger partial charge on any atom is 0.411 e. The Bertz CT molecular complexity index is 468. The first-order valence-electron chi connectivity index (χ1n) is 6.33. The van der Waals surface area contributed by atoms with Gasteiger partial charge in [0.05, 0.1) is 12.2 Å². The van der Waals surface area contributed by atoms with Crippen molar-refractivity contribution in [3.05, 3.63) is 30.1 Å². The summed E-state index contributed by atoms with van der Waals surface area (Å²) < 4.78 is 5.24. The predicted octanol–water partition coefficient (Wildman–Crippen LogP) is 2.29. The standard InChI is InChI=1S/C14H20N2O4/c1-10(12(17)18)16(13(19)20-14(2,3)4)9-11-7-5-6-8-15-11/h5-8,10H,9H2,1-4H3,(H,17,18). The zero-order chi connectivity index (χ0) is 15.3. The average Bonchev–Trinajstić information content (AvgIpc) is 2.34. The van der Waals surface area contributed by atoms with Crippen molar-refractivity contribution in [2.24, 2.45) is 0 Å². The molecule has 0 saturated heterocycles. The number of aromatic nitrogens is 1. The van der Waals surface area contributed by atoms with E-state index in [0.717, 1.165) is 4.90 Å². The first-order valence-corrected chi connectivity index (χ1v) is 6.33. The van der Waals surface area contributed by atoms with Crippen LogP contribution in [0.25, 0.3) is 0 Å². The van der Waals surface area contributed by atoms with Gasteiger partial charge in [0.15, 0.2) is 0 Å². The lowest BCUT2D eigenvalue weighted by atomic mass is 10.2. The van der Waals surface area contributed by atoms with Crippen LogP contribution in [-0.2, 0) is 16.1 Å². The van der Waals surface area contributed by atoms with Crippen molar-refractivity contribution in [3.8, 4) is 0 Å². The van der Waals surface area contributed by atoms with Crippen molar-refractivity contribution in [3.63, 3.8) is 0 Å². The van der Waals surface area contributed by atoms with Gasteiger partial charge >= 0.3 is 12.1 Å². The fourth-order valence-corrected chi connectivity index (χ4v) is 1.48. The molecule has 0 aliphatic heterocycles. The summed E-state index contributed by atoms with van der Waals surface area (Å²) in [6.45, 7) is 6.72. The number of hydrogen-bond donors (Lipinski definition) is 1. The Hall–Kier alpha value is -2.11. The normalized spacial score (nSPS) is 12.6. The van der Waals surface area contributed by atoms with Gasteiger partial charge in [-0.1, -0.05) is 6.07 Å². The van der Waals surface area contributed by atoms with E-state index in [0.29, 0.717) is 5.69 Å². The van der Waals surface area contributed by atoms with Gasteiger partial charge in [-0.25, -0.2) is 9.59 Å². The predicted molar refractivity (Wildman–Crippen MR) is 73.1 cm³/mol. The van der Waals surface area contributed by atoms with Gasteiger partial charge in [-0.05, 0) is 39.8 Å². The van der Waals surface area contributed by atoms with Crippen molar-refractivity contribution in [1.82, 2.24) is 9.88 Å². The largest absolute Gasteiger partial charge is 0.480 e. The van der Waals surface area contributed by atoms with Gasteiger partial charge in [0.1, 0.15) is 11.6 Å². The summed E-state index contributed by atoms with van der Waals surface area (Å²) in [4.78, 5) is 28.5. The van der Waals surface area contributed by atoms with Crippen molar-refractivity contribution in [1.29, 1.82) is 0 Å². The summed E-state index contributed by atoms with van der Waals surface area (Å²) in [5.41, 5.74) is -0.0797. The number of rotatable bonds is 4. The van der Waals surface area contributed by atoms with Crippen LogP contribution in [-0.4, -0.2) is 38.7 Å². The molecule has 0 saturated carbocycles. The van der Waals surface area contributed by atoms with E-state index in [9.17, 15) is 9.59 Å². The second-order valence-corrected chi connectivity index (χ2v) is 5.44. The van der Waals surface area contributed by atoms with Gasteiger partial charge in [-0.3, -0.25) is 9.88 Å². The Balaban J connectivity index is 2.91. The third kappa shape index (κ3) is 4.87. The van der Waals surface area contributed by atoms with Crippen LogP contribution in [0.4, 0.5) is 4.79 Å². The first-order chi connectivity index (χ1) is 9.20. The molecule has 1 N–H and O–H groups in total. The minimum Gasteiger partial charge on any atom is -0.480 e. The van der Waals surface area contributed by atoms with Crippen LogP contribution in [0.2, 0.25) is 0 Å². The minimum absolute atomic E-state index is 0.0865. The fraction of sp³-hybridized carbons (Fsp3) is 0.500. The molecule has 1 amide bonds. The lowest BCUT2D eigenvalue weighted by Crippen LogP contribution is -2.45. The van der Waals surface area contributed by atoms with Gasteiger partial charge in [-0.15, -0.1) is 0 Å². The highest BCUT2D eigenvalue weighted by Gasteiger charge is 2.30. The van der Waals surface area contributed by atoms with E-state index >= 15 is 0 Å². The van der Waals surface area contributed by atoms with E-state index in [1.165, 1.54) is 6.92 Å². The van der Waals surface area contributed by atoms with Gasteiger partial charge in [0.25, 0.3) is 0 Å². The van der Waals surface area contributed by atoms with E-state index in [1.54, 1.807) is 45.2 Å². The maximum absolute atomic E-state index is 12.1. The number of amides is 1. The molecule has 20 heavy (non-hydrogen) atoms. The molecule has 0 aliphatic carbocycles. The highest BCUT2D eigenvalue weighted by atomic mass is 16.6. The summed E-state index contributed by atoms with van der Waals surface area (Å²) in [7, 11) is 0. The Labute approximate surface area is 118 Å². The molecule has 0 bridgehead atoms. The molecule has 0 spiro atoms. The Morgan fingerprint density at radius 1 is 1.40 bits per heavy atom. The van der Waals surface area contributed by atoms with Crippen LogP contribution in [0.3, 0.4) is 0 Å². The average molecular weight is 280 g/mol. The maximum atomic E-state index is 12.1. The molecule has 1 atom stereocenters. The lowest BCUT2D eigenvalue weighted by Gasteiger charge is -2.29. The quantitative estimate of drug-likeness (QED) is 0.915. The molecule has 6 heteroatoms. The van der Waals surface area contributed by atoms with Crippen LogP contribution < -0.4 is 0 Å². The lowest BCUT2D eigenvalue weighted by molar-refractivity contribution is -0.142. The van der Waals surface area contributed by atoms with Crippen LogP contribution >= 0.6 is 0 Å². The highest BCUT2D eigenvalue weighted by Crippen LogP contribution is 2.14. The zero-order valence-corrected chi connectivity index (χ0v) is 12.2. The van der Waals surface area contributed by atoms with Gasteiger partial charge in [0, 0.05) is 6.20 Å². The Kier molecular flexibility index (Phi) is 5.07. The number of aliphatic carboxylic acids is 1. The monoisotopic (exact) mass is 280 g/mol. The molecule has 1 aromatic heterocycles. The number of pyridine rings is 1. The molecular formula is C14H20N2O4. The first kappa shape index (κ1) is 15.9. The number of hydrogen-bond acceptors (Lipinski definition) is 4. The summed E-state index contributed by atoms with van der Waals surface area (Å²) in [5.74, 6) is -1.09. The smallest absolute Gasteiger partial charge is 0.411 e. The Morgan fingerprint density at radius 3 is 2.50 bits per heavy atom. The van der Waals surface area contributed by atoms with Crippen molar-refractivity contribution < 1.29 is 19.4 Å². The second-order valence-electron chi connectivity index (χ2n) is 5.44. The molecule has 1 aromatic rings. The number of ether oxygens (including phenoxy) is 1. The van der Waals surface area contributed by atoms with Crippen LogP contribution in [0.15, 0.2) is 24.4 Å². The second kappa shape index (κ2) is 6.36. The van der Waals surface area contributed by atoms with Crippen LogP contribution in [0.5, 0.6) is 0 Å². The SMILES string of the molecule is CC(C(=O)O)N(Cc1ccccn1)C(=O)OC(C)(C)C. The molecule has 0 aliphatic rings. The van der Waals surface area contributed by atoms with Gasteiger partial charge < -0.3 is 9.84 Å². The molecule has 6 nitrogen and oxygen atoms in total. The van der Waals surface area contributed by atoms with Crippen LogP contribution in [0, 0.1) is 0 Å². The summed E-state index contributed by atoms with van der Waals surface area (Å²) in [5, 5.41) is 9.11. The van der Waals surface area contributed by atoms with E-state index < -0.39 is 23.7 Å². The molecule has 1 rings (SSSR count). The number of carboxylic acid groups (broad SMARTS) is 1. The van der Waals surface area contributed by atoms with Crippen molar-refractivity contribution in [2.75, 3.05) is 0 Å². The summed E-state index contributed by atoms with van der Waals surface area (Å²) in [6.07, 6.45) is 0.923. The van der Waals surface area contributed by atoms with E-state index in [-0.39, 0.29) is 6.54 Å². The van der Waals surface area contributed by atoms with E-state index in [2.05, 4.69) is 4.98 Å². The van der Waals surface area contributed by atoms with Crippen molar-refractivity contribution in [2.45, 2.75) is 45.9 Å². The van der Waals surface area contributed by atoms with Gasteiger partial charge in [-0.2, -0.15) is 0 Å². The van der Waals surface area contributed by atoms with Crippen LogP contribution in [0.1, 0.15) is 33.4 Å². The third-order valence-corrected chi connectivity index (χ3v) is 2.51. The minimum atomic E-state index is -1.09. The van der Waals surface area contributed by atoms with E-state index in [1.807, 2.05) is 0 Å². The zero-order valence-electron chi connectivity index (χ0n) is 12.2. The molecular weight excluding hydrogens is 260 g/mol. The number of carboxylic acids is 1. The number of nitrogens with zero attached hydrogens (tertiary/aromatic N) is 2. The topological polar surface area (TPSA) is 79.7 Å². The number of carbonyl (C=O) groups excluding carboxylic acids is 1. The van der Waals surface area contributed by atoms with Gasteiger partial charge in [0.2, 0.25) is 0 Å². The molecule has 0 radical (unpaired) electrons. The fourth-order valence-electron chi connectivity index (χ4n) is 1.48. The highest BCUT2D eigenvalue weighted by molar-refractivity contribution is 5.79. The van der Waals surface area contributed by atoms with Crippen molar-refractivity contribution >= 4 is 12.1 Å². The van der Waals surface area contributed by atoms with E-state index in [4.69, 9.17) is 9.84 Å². The summed E-state index contributed by atoms with van der Waals surface area (Å²) >= 11 is 0. The molecule has 1 heterocycles. The molecule has 0 aromatic carbocycles.